The van der Waals surface area contributed by atoms with Crippen LogP contribution < -0.4 is 5.32 Å². The number of likely N-dealkylation sites (N-methyl/N-ethyl adjacent to an activating group) is 1. The number of aromatic nitrogens is 1. The van der Waals surface area contributed by atoms with Gasteiger partial charge in [0, 0.05) is 24.7 Å². The van der Waals surface area contributed by atoms with Crippen LogP contribution in [0, 0.1) is 0 Å². The third kappa shape index (κ3) is 4.51. The van der Waals surface area contributed by atoms with E-state index >= 15 is 0 Å². The molecule has 0 saturated heterocycles. The van der Waals surface area contributed by atoms with E-state index in [4.69, 9.17) is 4.74 Å². The zero-order valence-corrected chi connectivity index (χ0v) is 13.3. The van der Waals surface area contributed by atoms with Gasteiger partial charge in [0.25, 0.3) is 0 Å². The van der Waals surface area contributed by atoms with Crippen LogP contribution in [0.15, 0.2) is 36.5 Å². The zero-order valence-electron chi connectivity index (χ0n) is 13.3. The molecule has 0 aliphatic rings. The SMILES string of the molecule is CCNC(CCC(C)OC)Cc1ccnc2ccccc12. The molecule has 2 unspecified atom stereocenters. The van der Waals surface area contributed by atoms with Crippen LogP contribution in [0.25, 0.3) is 10.9 Å². The van der Waals surface area contributed by atoms with Crippen LogP contribution in [0.4, 0.5) is 0 Å². The van der Waals surface area contributed by atoms with E-state index in [1.54, 1.807) is 7.11 Å². The number of hydrogen-bond acceptors (Lipinski definition) is 3. The molecule has 0 bridgehead atoms. The lowest BCUT2D eigenvalue weighted by Gasteiger charge is -2.20. The van der Waals surface area contributed by atoms with Crippen LogP contribution in [0.3, 0.4) is 0 Å². The van der Waals surface area contributed by atoms with E-state index in [2.05, 4.69) is 48.4 Å². The Kier molecular flexibility index (Phi) is 6.15. The number of para-hydroxylation sites is 1. The molecule has 0 amide bonds. The van der Waals surface area contributed by atoms with Gasteiger partial charge in [-0.25, -0.2) is 0 Å². The van der Waals surface area contributed by atoms with E-state index in [-0.39, 0.29) is 0 Å². The largest absolute Gasteiger partial charge is 0.382 e. The first-order valence-corrected chi connectivity index (χ1v) is 7.83. The van der Waals surface area contributed by atoms with E-state index in [0.29, 0.717) is 12.1 Å². The van der Waals surface area contributed by atoms with Gasteiger partial charge in [0.15, 0.2) is 0 Å². The molecule has 1 aromatic heterocycles. The summed E-state index contributed by atoms with van der Waals surface area (Å²) < 4.78 is 5.36. The number of ether oxygens (including phenoxy) is 1. The lowest BCUT2D eigenvalue weighted by atomic mass is 9.98. The normalized spacial score (nSPS) is 14.2. The highest BCUT2D eigenvalue weighted by molar-refractivity contribution is 5.81. The third-order valence-electron chi connectivity index (χ3n) is 4.02. The molecular formula is C18H26N2O. The fourth-order valence-corrected chi connectivity index (χ4v) is 2.72. The predicted octanol–water partition coefficient (Wildman–Crippen LogP) is 3.57. The smallest absolute Gasteiger partial charge is 0.0704 e. The van der Waals surface area contributed by atoms with Crippen molar-refractivity contribution < 1.29 is 4.74 Å². The van der Waals surface area contributed by atoms with Crippen LogP contribution in [-0.2, 0) is 11.2 Å². The van der Waals surface area contributed by atoms with E-state index < -0.39 is 0 Å². The highest BCUT2D eigenvalue weighted by Gasteiger charge is 2.12. The van der Waals surface area contributed by atoms with E-state index in [1.807, 2.05) is 12.3 Å². The van der Waals surface area contributed by atoms with E-state index in [1.165, 1.54) is 10.9 Å². The molecule has 0 aliphatic carbocycles. The first kappa shape index (κ1) is 15.9. The van der Waals surface area contributed by atoms with Crippen molar-refractivity contribution in [3.63, 3.8) is 0 Å². The molecule has 0 spiro atoms. The number of fused-ring (bicyclic) bond motifs is 1. The Hall–Kier alpha value is -1.45. The maximum atomic E-state index is 5.36. The Bertz CT molecular complexity index is 550. The number of pyridine rings is 1. The molecule has 114 valence electrons. The van der Waals surface area contributed by atoms with Crippen LogP contribution in [0.2, 0.25) is 0 Å². The van der Waals surface area contributed by atoms with Crippen LogP contribution >= 0.6 is 0 Å². The highest BCUT2D eigenvalue weighted by Crippen LogP contribution is 2.19. The van der Waals surface area contributed by atoms with Crippen LogP contribution in [0.5, 0.6) is 0 Å². The lowest BCUT2D eigenvalue weighted by molar-refractivity contribution is 0.106. The molecule has 21 heavy (non-hydrogen) atoms. The third-order valence-corrected chi connectivity index (χ3v) is 4.02. The molecule has 2 atom stereocenters. The van der Waals surface area contributed by atoms with E-state index in [9.17, 15) is 0 Å². The maximum Gasteiger partial charge on any atom is 0.0704 e. The van der Waals surface area contributed by atoms with Gasteiger partial charge in [-0.2, -0.15) is 0 Å². The first-order valence-electron chi connectivity index (χ1n) is 7.83. The minimum absolute atomic E-state index is 0.320. The van der Waals surface area contributed by atoms with Crippen molar-refractivity contribution in [1.29, 1.82) is 0 Å². The second-order valence-corrected chi connectivity index (χ2v) is 5.57. The van der Waals surface area contributed by atoms with Crippen molar-refractivity contribution in [2.45, 2.75) is 45.3 Å². The van der Waals surface area contributed by atoms with Gasteiger partial charge in [0.1, 0.15) is 0 Å². The second kappa shape index (κ2) is 8.11. The summed E-state index contributed by atoms with van der Waals surface area (Å²) in [5.41, 5.74) is 2.45. The monoisotopic (exact) mass is 286 g/mol. The summed E-state index contributed by atoms with van der Waals surface area (Å²) in [4.78, 5) is 4.44. The topological polar surface area (TPSA) is 34.1 Å². The Morgan fingerprint density at radius 2 is 2.00 bits per heavy atom. The minimum atomic E-state index is 0.320. The van der Waals surface area contributed by atoms with Gasteiger partial charge >= 0.3 is 0 Å². The molecule has 0 fully saturated rings. The number of methoxy groups -OCH3 is 1. The summed E-state index contributed by atoms with van der Waals surface area (Å²) in [5, 5.41) is 4.87. The zero-order chi connectivity index (χ0) is 15.1. The van der Waals surface area contributed by atoms with Gasteiger partial charge in [0.05, 0.1) is 11.6 Å². The molecule has 3 nitrogen and oxygen atoms in total. The Labute approximate surface area is 127 Å². The van der Waals surface area contributed by atoms with Crippen molar-refractivity contribution in [1.82, 2.24) is 10.3 Å². The molecule has 3 heteroatoms. The summed E-state index contributed by atoms with van der Waals surface area (Å²) in [6.07, 6.45) is 5.47. The molecule has 0 radical (unpaired) electrons. The first-order chi connectivity index (χ1) is 10.2. The van der Waals surface area contributed by atoms with Crippen molar-refractivity contribution >= 4 is 10.9 Å². The molecule has 1 heterocycles. The van der Waals surface area contributed by atoms with Gasteiger partial charge in [-0.15, -0.1) is 0 Å². The molecule has 1 aromatic carbocycles. The number of hydrogen-bond donors (Lipinski definition) is 1. The standard InChI is InChI=1S/C18H26N2O/c1-4-19-16(10-9-14(2)21-3)13-15-11-12-20-18-8-6-5-7-17(15)18/h5-8,11-12,14,16,19H,4,9-10,13H2,1-3H3. The van der Waals surface area contributed by atoms with E-state index in [0.717, 1.165) is 31.3 Å². The minimum Gasteiger partial charge on any atom is -0.382 e. The fraction of sp³-hybridized carbons (Fsp3) is 0.500. The summed E-state index contributed by atoms with van der Waals surface area (Å²) in [7, 11) is 1.78. The number of nitrogens with zero attached hydrogens (tertiary/aromatic N) is 1. The van der Waals surface area contributed by atoms with Gasteiger partial charge in [-0.1, -0.05) is 25.1 Å². The number of nitrogens with one attached hydrogen (secondary N) is 1. The Morgan fingerprint density at radius 3 is 2.76 bits per heavy atom. The summed E-state index contributed by atoms with van der Waals surface area (Å²) >= 11 is 0. The van der Waals surface area contributed by atoms with Crippen molar-refractivity contribution in [3.8, 4) is 0 Å². The van der Waals surface area contributed by atoms with Crippen molar-refractivity contribution in [2.75, 3.05) is 13.7 Å². The second-order valence-electron chi connectivity index (χ2n) is 5.57. The quantitative estimate of drug-likeness (QED) is 0.805. The van der Waals surface area contributed by atoms with Crippen LogP contribution in [-0.4, -0.2) is 30.8 Å². The average Bonchev–Trinajstić information content (AvgIpc) is 2.52. The fourth-order valence-electron chi connectivity index (χ4n) is 2.72. The van der Waals surface area contributed by atoms with Crippen LogP contribution in [0.1, 0.15) is 32.3 Å². The van der Waals surface area contributed by atoms with Gasteiger partial charge < -0.3 is 10.1 Å². The maximum absolute atomic E-state index is 5.36. The van der Waals surface area contributed by atoms with Gasteiger partial charge in [-0.3, -0.25) is 4.98 Å². The number of benzene rings is 1. The number of rotatable bonds is 8. The molecule has 2 rings (SSSR count). The summed E-state index contributed by atoms with van der Waals surface area (Å²) in [6.45, 7) is 5.29. The summed E-state index contributed by atoms with van der Waals surface area (Å²) in [6, 6.07) is 11.0. The molecular weight excluding hydrogens is 260 g/mol. The Morgan fingerprint density at radius 1 is 1.19 bits per heavy atom. The van der Waals surface area contributed by atoms with Crippen molar-refractivity contribution in [3.05, 3.63) is 42.1 Å². The molecule has 0 saturated carbocycles. The highest BCUT2D eigenvalue weighted by atomic mass is 16.5. The van der Waals surface area contributed by atoms with Gasteiger partial charge in [-0.05, 0) is 50.4 Å². The predicted molar refractivity (Wildman–Crippen MR) is 88.6 cm³/mol. The molecule has 0 aliphatic heterocycles. The van der Waals surface area contributed by atoms with Crippen molar-refractivity contribution in [2.24, 2.45) is 0 Å². The van der Waals surface area contributed by atoms with Gasteiger partial charge in [0.2, 0.25) is 0 Å². The molecule has 2 aromatic rings. The average molecular weight is 286 g/mol. The summed E-state index contributed by atoms with van der Waals surface area (Å²) in [5.74, 6) is 0. The lowest BCUT2D eigenvalue weighted by Crippen LogP contribution is -2.32. The molecule has 1 N–H and O–H groups in total. The Balaban J connectivity index is 2.11.